The SMILES string of the molecule is CCC(C)CC(=O)N1CCCO1. The number of hydrogen-bond donors (Lipinski definition) is 0. The molecule has 0 saturated carbocycles. The highest BCUT2D eigenvalue weighted by Crippen LogP contribution is 2.12. The Hall–Kier alpha value is -0.570. The first kappa shape index (κ1) is 9.52. The van der Waals surface area contributed by atoms with Gasteiger partial charge in [-0.1, -0.05) is 20.3 Å². The summed E-state index contributed by atoms with van der Waals surface area (Å²) in [5.74, 6) is 0.614. The van der Waals surface area contributed by atoms with Gasteiger partial charge in [0.05, 0.1) is 13.2 Å². The minimum absolute atomic E-state index is 0.141. The van der Waals surface area contributed by atoms with Gasteiger partial charge in [-0.2, -0.15) is 0 Å². The minimum Gasteiger partial charge on any atom is -0.273 e. The summed E-state index contributed by atoms with van der Waals surface area (Å²) < 4.78 is 0. The fourth-order valence-corrected chi connectivity index (χ4v) is 1.19. The summed E-state index contributed by atoms with van der Waals surface area (Å²) in [7, 11) is 0. The molecule has 0 spiro atoms. The van der Waals surface area contributed by atoms with Gasteiger partial charge in [0.1, 0.15) is 0 Å². The molecule has 1 unspecified atom stereocenters. The summed E-state index contributed by atoms with van der Waals surface area (Å²) in [6.07, 6.45) is 2.66. The molecule has 1 atom stereocenters. The minimum atomic E-state index is 0.141. The van der Waals surface area contributed by atoms with E-state index >= 15 is 0 Å². The first-order valence-corrected chi connectivity index (χ1v) is 4.67. The summed E-state index contributed by atoms with van der Waals surface area (Å²) >= 11 is 0. The molecule has 3 heteroatoms. The number of hydroxylamine groups is 2. The Kier molecular flexibility index (Phi) is 3.53. The van der Waals surface area contributed by atoms with E-state index in [1.165, 1.54) is 5.06 Å². The standard InChI is InChI=1S/C9H17NO2/c1-3-8(2)7-9(11)10-5-4-6-12-10/h8H,3-7H2,1-2H3. The Balaban J connectivity index is 2.27. The van der Waals surface area contributed by atoms with Crippen LogP contribution in [0.2, 0.25) is 0 Å². The van der Waals surface area contributed by atoms with Gasteiger partial charge in [0, 0.05) is 6.42 Å². The van der Waals surface area contributed by atoms with E-state index in [1.54, 1.807) is 0 Å². The molecule has 0 aliphatic carbocycles. The topological polar surface area (TPSA) is 29.5 Å². The van der Waals surface area contributed by atoms with Gasteiger partial charge in [0.2, 0.25) is 5.91 Å². The fourth-order valence-electron chi connectivity index (χ4n) is 1.19. The highest BCUT2D eigenvalue weighted by molar-refractivity contribution is 5.75. The molecule has 1 aliphatic rings. The lowest BCUT2D eigenvalue weighted by molar-refractivity contribution is -0.169. The average Bonchev–Trinajstić information content (AvgIpc) is 2.56. The number of rotatable bonds is 3. The Labute approximate surface area is 73.6 Å². The van der Waals surface area contributed by atoms with Crippen molar-refractivity contribution >= 4 is 5.91 Å². The summed E-state index contributed by atoms with van der Waals surface area (Å²) in [5.41, 5.74) is 0. The summed E-state index contributed by atoms with van der Waals surface area (Å²) in [6, 6.07) is 0. The molecule has 0 radical (unpaired) electrons. The molecular formula is C9H17NO2. The maximum Gasteiger partial charge on any atom is 0.246 e. The lowest BCUT2D eigenvalue weighted by atomic mass is 10.1. The Morgan fingerprint density at radius 3 is 2.92 bits per heavy atom. The molecule has 1 heterocycles. The molecule has 70 valence electrons. The molecule has 0 bridgehead atoms. The molecule has 1 aliphatic heterocycles. The van der Waals surface area contributed by atoms with Gasteiger partial charge in [0.15, 0.2) is 0 Å². The molecule has 1 fully saturated rings. The van der Waals surface area contributed by atoms with Crippen molar-refractivity contribution < 1.29 is 9.63 Å². The van der Waals surface area contributed by atoms with Crippen LogP contribution in [-0.4, -0.2) is 24.1 Å². The van der Waals surface area contributed by atoms with Crippen LogP contribution >= 0.6 is 0 Å². The molecule has 3 nitrogen and oxygen atoms in total. The third-order valence-electron chi connectivity index (χ3n) is 2.25. The van der Waals surface area contributed by atoms with Gasteiger partial charge in [0.25, 0.3) is 0 Å². The number of carbonyl (C=O) groups is 1. The number of amides is 1. The van der Waals surface area contributed by atoms with Crippen LogP contribution in [0, 0.1) is 5.92 Å². The van der Waals surface area contributed by atoms with Crippen molar-refractivity contribution in [2.24, 2.45) is 5.92 Å². The van der Waals surface area contributed by atoms with Crippen LogP contribution in [0.25, 0.3) is 0 Å². The predicted molar refractivity (Wildman–Crippen MR) is 46.4 cm³/mol. The molecule has 1 amide bonds. The van der Waals surface area contributed by atoms with Crippen molar-refractivity contribution in [2.45, 2.75) is 33.1 Å². The van der Waals surface area contributed by atoms with Gasteiger partial charge in [-0.15, -0.1) is 0 Å². The van der Waals surface area contributed by atoms with Gasteiger partial charge in [-0.3, -0.25) is 9.63 Å². The van der Waals surface area contributed by atoms with Crippen molar-refractivity contribution in [1.29, 1.82) is 0 Å². The van der Waals surface area contributed by atoms with Crippen molar-refractivity contribution in [3.8, 4) is 0 Å². The van der Waals surface area contributed by atoms with E-state index in [-0.39, 0.29) is 5.91 Å². The zero-order valence-corrected chi connectivity index (χ0v) is 7.88. The van der Waals surface area contributed by atoms with Crippen LogP contribution in [0.4, 0.5) is 0 Å². The Morgan fingerprint density at radius 1 is 1.67 bits per heavy atom. The highest BCUT2D eigenvalue weighted by Gasteiger charge is 2.20. The van der Waals surface area contributed by atoms with Crippen molar-refractivity contribution in [3.05, 3.63) is 0 Å². The fraction of sp³-hybridized carbons (Fsp3) is 0.889. The van der Waals surface area contributed by atoms with Crippen molar-refractivity contribution in [1.82, 2.24) is 5.06 Å². The van der Waals surface area contributed by atoms with E-state index in [0.717, 1.165) is 19.4 Å². The lowest BCUT2D eigenvalue weighted by Gasteiger charge is -2.15. The van der Waals surface area contributed by atoms with E-state index in [2.05, 4.69) is 13.8 Å². The van der Waals surface area contributed by atoms with Gasteiger partial charge < -0.3 is 0 Å². The Morgan fingerprint density at radius 2 is 2.42 bits per heavy atom. The summed E-state index contributed by atoms with van der Waals surface area (Å²) in [6.45, 7) is 5.66. The second-order valence-electron chi connectivity index (χ2n) is 3.40. The molecule has 0 aromatic heterocycles. The maximum absolute atomic E-state index is 11.4. The van der Waals surface area contributed by atoms with E-state index in [9.17, 15) is 4.79 Å². The molecule has 0 N–H and O–H groups in total. The van der Waals surface area contributed by atoms with Gasteiger partial charge in [-0.25, -0.2) is 5.06 Å². The van der Waals surface area contributed by atoms with Crippen molar-refractivity contribution in [2.75, 3.05) is 13.2 Å². The first-order valence-electron chi connectivity index (χ1n) is 4.67. The Bertz CT molecular complexity index is 153. The van der Waals surface area contributed by atoms with Gasteiger partial charge in [-0.05, 0) is 12.3 Å². The van der Waals surface area contributed by atoms with E-state index in [4.69, 9.17) is 4.84 Å². The second kappa shape index (κ2) is 4.45. The second-order valence-corrected chi connectivity index (χ2v) is 3.40. The number of carbonyl (C=O) groups excluding carboxylic acids is 1. The van der Waals surface area contributed by atoms with Crippen LogP contribution in [0.3, 0.4) is 0 Å². The molecular weight excluding hydrogens is 154 g/mol. The first-order chi connectivity index (χ1) is 5.74. The molecule has 12 heavy (non-hydrogen) atoms. The summed E-state index contributed by atoms with van der Waals surface area (Å²) in [5, 5.41) is 1.51. The van der Waals surface area contributed by atoms with Crippen LogP contribution in [-0.2, 0) is 9.63 Å². The van der Waals surface area contributed by atoms with Gasteiger partial charge >= 0.3 is 0 Å². The van der Waals surface area contributed by atoms with E-state index in [0.29, 0.717) is 18.9 Å². The van der Waals surface area contributed by atoms with Crippen molar-refractivity contribution in [3.63, 3.8) is 0 Å². The number of nitrogens with zero attached hydrogens (tertiary/aromatic N) is 1. The normalized spacial score (nSPS) is 19.7. The molecule has 0 aromatic carbocycles. The largest absolute Gasteiger partial charge is 0.273 e. The third kappa shape index (κ3) is 2.48. The average molecular weight is 171 g/mol. The number of hydrogen-bond acceptors (Lipinski definition) is 2. The van der Waals surface area contributed by atoms with Crippen LogP contribution in [0.1, 0.15) is 33.1 Å². The quantitative estimate of drug-likeness (QED) is 0.645. The molecule has 1 saturated heterocycles. The zero-order chi connectivity index (χ0) is 8.97. The maximum atomic E-state index is 11.4. The van der Waals surface area contributed by atoms with Crippen LogP contribution in [0.5, 0.6) is 0 Å². The highest BCUT2D eigenvalue weighted by atomic mass is 16.7. The van der Waals surface area contributed by atoms with Crippen LogP contribution in [0.15, 0.2) is 0 Å². The van der Waals surface area contributed by atoms with Crippen LogP contribution < -0.4 is 0 Å². The zero-order valence-electron chi connectivity index (χ0n) is 7.88. The smallest absolute Gasteiger partial charge is 0.246 e. The molecule has 1 rings (SSSR count). The molecule has 0 aromatic rings. The summed E-state index contributed by atoms with van der Waals surface area (Å²) in [4.78, 5) is 16.6. The van der Waals surface area contributed by atoms with E-state index in [1.807, 2.05) is 0 Å². The van der Waals surface area contributed by atoms with E-state index < -0.39 is 0 Å². The lowest BCUT2D eigenvalue weighted by Crippen LogP contribution is -2.27. The monoisotopic (exact) mass is 171 g/mol. The third-order valence-corrected chi connectivity index (χ3v) is 2.25. The predicted octanol–water partition coefficient (Wildman–Crippen LogP) is 1.59.